The summed E-state index contributed by atoms with van der Waals surface area (Å²) in [6, 6.07) is 19.9. The molecule has 7 nitrogen and oxygen atoms in total. The van der Waals surface area contributed by atoms with Crippen molar-refractivity contribution >= 4 is 39.2 Å². The van der Waals surface area contributed by atoms with Crippen molar-refractivity contribution in [1.29, 1.82) is 0 Å². The summed E-state index contributed by atoms with van der Waals surface area (Å²) >= 11 is 12.2. The molecule has 0 bridgehead atoms. The number of sulfonamides is 1. The van der Waals surface area contributed by atoms with Crippen molar-refractivity contribution in [2.75, 3.05) is 13.2 Å². The Kier molecular flexibility index (Phi) is 8.75. The van der Waals surface area contributed by atoms with Crippen molar-refractivity contribution in [3.8, 4) is 17.1 Å². The van der Waals surface area contributed by atoms with Gasteiger partial charge in [0.1, 0.15) is 17.3 Å². The van der Waals surface area contributed by atoms with E-state index in [0.717, 1.165) is 39.3 Å². The highest BCUT2D eigenvalue weighted by Gasteiger charge is 2.31. The summed E-state index contributed by atoms with van der Waals surface area (Å²) in [6.45, 7) is 2.66. The smallest absolute Gasteiger partial charge is 0.303 e. The number of aryl methyl sites for hydroxylation is 2. The summed E-state index contributed by atoms with van der Waals surface area (Å²) in [5.74, 6) is 1.39. The number of fused-ring (bicyclic) bond motifs is 1. The number of rotatable bonds is 10. The standard InChI is InChI=1S/C31H29Cl2NO6S/c1-20-23(15-30(40-20)22-5-3-2-4-6-22)12-14-39-29-9-7-21(8-10-31(35)36)28-19-34(13-11-27(28)29)41(37,38)26-17-24(32)16-25(33)18-26/h2-7,9,15-18H,8,10-14,19H2,1H3,(H,35,36). The molecular weight excluding hydrogens is 585 g/mol. The van der Waals surface area contributed by atoms with Gasteiger partial charge in [-0.1, -0.05) is 59.6 Å². The Morgan fingerprint density at radius 3 is 2.41 bits per heavy atom. The fraction of sp³-hybridized carbons (Fsp3) is 0.258. The second-order valence-corrected chi connectivity index (χ2v) is 12.7. The average Bonchev–Trinajstić information content (AvgIpc) is 3.32. The first kappa shape index (κ1) is 29.2. The van der Waals surface area contributed by atoms with Crippen molar-refractivity contribution in [2.24, 2.45) is 0 Å². The van der Waals surface area contributed by atoms with Gasteiger partial charge >= 0.3 is 5.97 Å². The van der Waals surface area contributed by atoms with Crippen molar-refractivity contribution in [2.45, 2.75) is 44.0 Å². The van der Waals surface area contributed by atoms with Crippen LogP contribution >= 0.6 is 23.2 Å². The van der Waals surface area contributed by atoms with E-state index < -0.39 is 16.0 Å². The number of nitrogens with zero attached hydrogens (tertiary/aromatic N) is 1. The lowest BCUT2D eigenvalue weighted by Gasteiger charge is -2.31. The van der Waals surface area contributed by atoms with Crippen LogP contribution in [-0.4, -0.2) is 37.0 Å². The zero-order valence-corrected chi connectivity index (χ0v) is 24.7. The molecule has 0 spiro atoms. The van der Waals surface area contributed by atoms with Gasteiger partial charge in [-0.15, -0.1) is 0 Å². The lowest BCUT2D eigenvalue weighted by Crippen LogP contribution is -2.36. The van der Waals surface area contributed by atoms with Crippen LogP contribution in [0.1, 0.15) is 34.4 Å². The molecule has 1 aromatic heterocycles. The van der Waals surface area contributed by atoms with Crippen LogP contribution in [0, 0.1) is 6.92 Å². The number of halogens is 2. The minimum absolute atomic E-state index is 0.0169. The predicted molar refractivity (Wildman–Crippen MR) is 158 cm³/mol. The summed E-state index contributed by atoms with van der Waals surface area (Å²) in [5.41, 5.74) is 4.52. The van der Waals surface area contributed by atoms with E-state index in [4.69, 9.17) is 32.4 Å². The SMILES string of the molecule is Cc1oc(-c2ccccc2)cc1CCOc1ccc(CCC(=O)O)c2c1CCN(S(=O)(=O)c1cc(Cl)cc(Cl)c1)C2. The maximum Gasteiger partial charge on any atom is 0.303 e. The number of carboxylic acid groups (broad SMARTS) is 1. The molecule has 0 amide bonds. The zero-order chi connectivity index (χ0) is 29.1. The van der Waals surface area contributed by atoms with Gasteiger partial charge in [-0.3, -0.25) is 4.79 Å². The Hall–Kier alpha value is -3.30. The zero-order valence-electron chi connectivity index (χ0n) is 22.4. The maximum atomic E-state index is 13.5. The second kappa shape index (κ2) is 12.3. The normalized spacial score (nSPS) is 13.6. The third kappa shape index (κ3) is 6.62. The van der Waals surface area contributed by atoms with Crippen LogP contribution in [0.25, 0.3) is 11.3 Å². The fourth-order valence-corrected chi connectivity index (χ4v) is 7.25. The molecule has 3 aromatic carbocycles. The topological polar surface area (TPSA) is 97.1 Å². The Morgan fingerprint density at radius 1 is 0.976 bits per heavy atom. The highest BCUT2D eigenvalue weighted by atomic mass is 35.5. The van der Waals surface area contributed by atoms with Crippen molar-refractivity contribution in [3.05, 3.63) is 105 Å². The number of benzene rings is 3. The lowest BCUT2D eigenvalue weighted by atomic mass is 9.92. The largest absolute Gasteiger partial charge is 0.493 e. The third-order valence-corrected chi connectivity index (χ3v) is 9.48. The molecule has 0 atom stereocenters. The van der Waals surface area contributed by atoms with Gasteiger partial charge in [0.2, 0.25) is 10.0 Å². The Labute approximate surface area is 249 Å². The molecule has 0 aliphatic carbocycles. The van der Waals surface area contributed by atoms with E-state index in [-0.39, 0.29) is 40.9 Å². The van der Waals surface area contributed by atoms with E-state index in [9.17, 15) is 18.3 Å². The van der Waals surface area contributed by atoms with Gasteiger partial charge < -0.3 is 14.3 Å². The van der Waals surface area contributed by atoms with E-state index in [2.05, 4.69) is 0 Å². The van der Waals surface area contributed by atoms with Gasteiger partial charge in [-0.05, 0) is 66.8 Å². The fourth-order valence-electron chi connectivity index (χ4n) is 5.11. The number of aliphatic carboxylic acids is 1. The molecule has 41 heavy (non-hydrogen) atoms. The van der Waals surface area contributed by atoms with Crippen LogP contribution in [0.4, 0.5) is 0 Å². The molecule has 4 aromatic rings. The van der Waals surface area contributed by atoms with E-state index in [0.29, 0.717) is 25.2 Å². The van der Waals surface area contributed by atoms with E-state index in [1.807, 2.05) is 55.5 Å². The molecule has 5 rings (SSSR count). The van der Waals surface area contributed by atoms with Crippen molar-refractivity contribution in [3.63, 3.8) is 0 Å². The van der Waals surface area contributed by atoms with E-state index in [1.165, 1.54) is 22.5 Å². The molecule has 0 saturated carbocycles. The Bertz CT molecular complexity index is 1660. The highest BCUT2D eigenvalue weighted by Crippen LogP contribution is 2.35. The molecule has 0 radical (unpaired) electrons. The monoisotopic (exact) mass is 613 g/mol. The maximum absolute atomic E-state index is 13.5. The molecule has 2 heterocycles. The van der Waals surface area contributed by atoms with Gasteiger partial charge in [-0.2, -0.15) is 4.31 Å². The molecule has 1 aliphatic rings. The first-order valence-electron chi connectivity index (χ1n) is 13.2. The van der Waals surface area contributed by atoms with Crippen LogP contribution in [0.5, 0.6) is 5.75 Å². The molecule has 1 aliphatic heterocycles. The Morgan fingerprint density at radius 2 is 1.71 bits per heavy atom. The third-order valence-electron chi connectivity index (χ3n) is 7.22. The van der Waals surface area contributed by atoms with Crippen molar-refractivity contribution in [1.82, 2.24) is 4.31 Å². The summed E-state index contributed by atoms with van der Waals surface area (Å²) < 4.78 is 40.6. The summed E-state index contributed by atoms with van der Waals surface area (Å²) in [7, 11) is -3.89. The molecule has 10 heteroatoms. The van der Waals surface area contributed by atoms with Gasteiger partial charge in [-0.25, -0.2) is 8.42 Å². The van der Waals surface area contributed by atoms with Gasteiger partial charge in [0.05, 0.1) is 11.5 Å². The van der Waals surface area contributed by atoms with Crippen LogP contribution in [0.2, 0.25) is 10.0 Å². The van der Waals surface area contributed by atoms with E-state index >= 15 is 0 Å². The van der Waals surface area contributed by atoms with Crippen LogP contribution in [0.15, 0.2) is 76.0 Å². The predicted octanol–water partition coefficient (Wildman–Crippen LogP) is 6.95. The van der Waals surface area contributed by atoms with Gasteiger partial charge in [0.25, 0.3) is 0 Å². The van der Waals surface area contributed by atoms with Crippen LogP contribution in [-0.2, 0) is 40.6 Å². The quantitative estimate of drug-likeness (QED) is 0.208. The number of hydrogen-bond acceptors (Lipinski definition) is 5. The first-order valence-corrected chi connectivity index (χ1v) is 15.4. The summed E-state index contributed by atoms with van der Waals surface area (Å²) in [6.07, 6.45) is 1.27. The van der Waals surface area contributed by atoms with Crippen LogP contribution < -0.4 is 4.74 Å². The molecular formula is C31H29Cl2NO6S. The van der Waals surface area contributed by atoms with Crippen LogP contribution in [0.3, 0.4) is 0 Å². The number of ether oxygens (including phenoxy) is 1. The van der Waals surface area contributed by atoms with Gasteiger partial charge in [0, 0.05) is 47.1 Å². The molecule has 214 valence electrons. The number of carboxylic acids is 1. The Balaban J connectivity index is 1.37. The second-order valence-electron chi connectivity index (χ2n) is 9.92. The van der Waals surface area contributed by atoms with Gasteiger partial charge in [0.15, 0.2) is 0 Å². The van der Waals surface area contributed by atoms with E-state index in [1.54, 1.807) is 0 Å². The molecule has 0 fully saturated rings. The minimum atomic E-state index is -3.89. The number of carbonyl (C=O) groups is 1. The first-order chi connectivity index (χ1) is 19.6. The molecule has 0 saturated heterocycles. The average molecular weight is 615 g/mol. The number of hydrogen-bond donors (Lipinski definition) is 1. The summed E-state index contributed by atoms with van der Waals surface area (Å²) in [4.78, 5) is 11.3. The molecule has 1 N–H and O–H groups in total. The molecule has 0 unspecified atom stereocenters. The summed E-state index contributed by atoms with van der Waals surface area (Å²) in [5, 5.41) is 9.74. The number of furan rings is 1. The minimum Gasteiger partial charge on any atom is -0.493 e. The lowest BCUT2D eigenvalue weighted by molar-refractivity contribution is -0.136. The highest BCUT2D eigenvalue weighted by molar-refractivity contribution is 7.89. The van der Waals surface area contributed by atoms with Crippen molar-refractivity contribution < 1.29 is 27.5 Å².